The molecule has 0 aliphatic carbocycles. The molecule has 0 aromatic heterocycles. The number of hydrogen-bond donors (Lipinski definition) is 2. The first-order valence-corrected chi connectivity index (χ1v) is 11.2. The molecular weight excluding hydrogens is 367 g/mol. The monoisotopic (exact) mass is 394 g/mol. The lowest BCUT2D eigenvalue weighted by atomic mass is 9.99. The fraction of sp³-hybridized carbons (Fsp3) is 0.217. The third-order valence-electron chi connectivity index (χ3n) is 4.93. The molecule has 28 heavy (non-hydrogen) atoms. The lowest BCUT2D eigenvalue weighted by Gasteiger charge is -2.30. The topological polar surface area (TPSA) is 64.3 Å². The van der Waals surface area contributed by atoms with Gasteiger partial charge in [0.1, 0.15) is 5.75 Å². The van der Waals surface area contributed by atoms with Crippen molar-refractivity contribution in [3.8, 4) is 5.75 Å². The van der Waals surface area contributed by atoms with Gasteiger partial charge in [-0.2, -0.15) is 0 Å². The van der Waals surface area contributed by atoms with Gasteiger partial charge in [0, 0.05) is 16.7 Å². The SMILES string of the molecule is CC[C@H](N)[C@H](NP(=O)(c1ccccc1)c1ccccc1)c1ccc(OC)cc1. The van der Waals surface area contributed by atoms with Gasteiger partial charge in [-0.05, 0) is 48.4 Å². The Balaban J connectivity index is 2.06. The van der Waals surface area contributed by atoms with Gasteiger partial charge >= 0.3 is 0 Å². The van der Waals surface area contributed by atoms with E-state index in [4.69, 9.17) is 10.5 Å². The maximum atomic E-state index is 14.4. The number of nitrogens with two attached hydrogens (primary N) is 1. The van der Waals surface area contributed by atoms with Crippen LogP contribution in [0.15, 0.2) is 84.9 Å². The van der Waals surface area contributed by atoms with E-state index in [2.05, 4.69) is 5.09 Å². The lowest BCUT2D eigenvalue weighted by molar-refractivity contribution is 0.414. The van der Waals surface area contributed by atoms with Gasteiger partial charge in [-0.25, -0.2) is 0 Å². The summed E-state index contributed by atoms with van der Waals surface area (Å²) in [5, 5.41) is 4.99. The van der Waals surface area contributed by atoms with E-state index in [9.17, 15) is 4.57 Å². The largest absolute Gasteiger partial charge is 0.497 e. The first kappa shape index (κ1) is 20.3. The van der Waals surface area contributed by atoms with Gasteiger partial charge in [0.15, 0.2) is 0 Å². The molecule has 0 fully saturated rings. The van der Waals surface area contributed by atoms with Crippen LogP contribution in [0, 0.1) is 0 Å². The van der Waals surface area contributed by atoms with Gasteiger partial charge in [0.2, 0.25) is 7.29 Å². The second-order valence-corrected chi connectivity index (χ2v) is 9.24. The smallest absolute Gasteiger partial charge is 0.205 e. The van der Waals surface area contributed by atoms with E-state index in [1.165, 1.54) is 0 Å². The molecule has 0 aliphatic rings. The van der Waals surface area contributed by atoms with Crippen LogP contribution < -0.4 is 26.2 Å². The average molecular weight is 394 g/mol. The quantitative estimate of drug-likeness (QED) is 0.567. The van der Waals surface area contributed by atoms with E-state index in [-0.39, 0.29) is 12.1 Å². The van der Waals surface area contributed by atoms with Crippen molar-refractivity contribution in [2.75, 3.05) is 7.11 Å². The maximum Gasteiger partial charge on any atom is 0.205 e. The van der Waals surface area contributed by atoms with Gasteiger partial charge in [-0.15, -0.1) is 0 Å². The molecule has 0 radical (unpaired) electrons. The summed E-state index contributed by atoms with van der Waals surface area (Å²) in [5.74, 6) is 0.780. The normalized spacial score (nSPS) is 13.7. The minimum absolute atomic E-state index is 0.186. The summed E-state index contributed by atoms with van der Waals surface area (Å²) in [5.41, 5.74) is 7.46. The van der Waals surface area contributed by atoms with Crippen molar-refractivity contribution in [3.63, 3.8) is 0 Å². The molecule has 0 bridgehead atoms. The fourth-order valence-electron chi connectivity index (χ4n) is 3.23. The Bertz CT molecular complexity index is 871. The molecule has 0 saturated carbocycles. The molecular formula is C23H27N2O2P. The van der Waals surface area contributed by atoms with Gasteiger partial charge < -0.3 is 10.5 Å². The second-order valence-electron chi connectivity index (χ2n) is 6.73. The molecule has 146 valence electrons. The van der Waals surface area contributed by atoms with Crippen LogP contribution in [-0.4, -0.2) is 13.2 Å². The predicted molar refractivity (Wildman–Crippen MR) is 117 cm³/mol. The van der Waals surface area contributed by atoms with Crippen LogP contribution in [0.3, 0.4) is 0 Å². The highest BCUT2D eigenvalue weighted by Gasteiger charge is 2.32. The number of rotatable bonds is 8. The zero-order valence-electron chi connectivity index (χ0n) is 16.3. The molecule has 3 aromatic carbocycles. The highest BCUT2D eigenvalue weighted by atomic mass is 31.2. The molecule has 5 heteroatoms. The third kappa shape index (κ3) is 4.36. The van der Waals surface area contributed by atoms with Gasteiger partial charge in [-0.1, -0.05) is 55.5 Å². The first-order valence-electron chi connectivity index (χ1n) is 9.47. The fourth-order valence-corrected chi connectivity index (χ4v) is 5.75. The molecule has 0 unspecified atom stereocenters. The van der Waals surface area contributed by atoms with Gasteiger partial charge in [0.05, 0.1) is 13.2 Å². The molecule has 0 spiro atoms. The zero-order chi connectivity index (χ0) is 20.0. The van der Waals surface area contributed by atoms with Crippen LogP contribution in [0.4, 0.5) is 0 Å². The minimum Gasteiger partial charge on any atom is -0.497 e. The van der Waals surface area contributed by atoms with Crippen LogP contribution in [0.2, 0.25) is 0 Å². The maximum absolute atomic E-state index is 14.4. The molecule has 2 atom stereocenters. The van der Waals surface area contributed by atoms with Crippen molar-refractivity contribution in [1.82, 2.24) is 5.09 Å². The highest BCUT2D eigenvalue weighted by molar-refractivity contribution is 7.76. The van der Waals surface area contributed by atoms with Crippen LogP contribution in [-0.2, 0) is 4.57 Å². The van der Waals surface area contributed by atoms with Crippen molar-refractivity contribution in [2.24, 2.45) is 5.73 Å². The van der Waals surface area contributed by atoms with Gasteiger partial charge in [-0.3, -0.25) is 9.65 Å². The van der Waals surface area contributed by atoms with E-state index in [1.807, 2.05) is 91.9 Å². The molecule has 4 nitrogen and oxygen atoms in total. The Morgan fingerprint density at radius 3 is 1.82 bits per heavy atom. The lowest BCUT2D eigenvalue weighted by Crippen LogP contribution is -2.40. The summed E-state index contributed by atoms with van der Waals surface area (Å²) in [6, 6.07) is 26.4. The molecule has 3 aromatic rings. The second kappa shape index (κ2) is 9.20. The average Bonchev–Trinajstić information content (AvgIpc) is 2.78. The number of ether oxygens (including phenoxy) is 1. The Morgan fingerprint density at radius 2 is 1.39 bits per heavy atom. The highest BCUT2D eigenvalue weighted by Crippen LogP contribution is 2.42. The van der Waals surface area contributed by atoms with Crippen molar-refractivity contribution >= 4 is 17.9 Å². The number of methoxy groups -OCH3 is 1. The van der Waals surface area contributed by atoms with Crippen LogP contribution in [0.1, 0.15) is 24.9 Å². The Kier molecular flexibility index (Phi) is 6.69. The van der Waals surface area contributed by atoms with E-state index < -0.39 is 7.29 Å². The summed E-state index contributed by atoms with van der Waals surface area (Å²) < 4.78 is 19.6. The first-order chi connectivity index (χ1) is 13.6. The van der Waals surface area contributed by atoms with Crippen LogP contribution in [0.5, 0.6) is 5.75 Å². The van der Waals surface area contributed by atoms with E-state index in [0.29, 0.717) is 0 Å². The molecule has 3 N–H and O–H groups in total. The molecule has 0 saturated heterocycles. The van der Waals surface area contributed by atoms with Crippen LogP contribution >= 0.6 is 7.29 Å². The van der Waals surface area contributed by atoms with Crippen molar-refractivity contribution in [1.29, 1.82) is 0 Å². The summed E-state index contributed by atoms with van der Waals surface area (Å²) in [7, 11) is -1.45. The van der Waals surface area contributed by atoms with Crippen LogP contribution in [0.25, 0.3) is 0 Å². The zero-order valence-corrected chi connectivity index (χ0v) is 17.2. The summed E-state index contributed by atoms with van der Waals surface area (Å²) >= 11 is 0. The van der Waals surface area contributed by atoms with Crippen molar-refractivity contribution < 1.29 is 9.30 Å². The summed E-state index contributed by atoms with van der Waals surface area (Å²) in [6.45, 7) is 2.04. The molecule has 0 amide bonds. The minimum atomic E-state index is -3.09. The third-order valence-corrected chi connectivity index (χ3v) is 7.63. The Labute approximate surface area is 167 Å². The van der Waals surface area contributed by atoms with E-state index >= 15 is 0 Å². The summed E-state index contributed by atoms with van der Waals surface area (Å²) in [6.07, 6.45) is 0.757. The number of nitrogens with one attached hydrogen (secondary N) is 1. The number of benzene rings is 3. The van der Waals surface area contributed by atoms with E-state index in [0.717, 1.165) is 28.3 Å². The summed E-state index contributed by atoms with van der Waals surface area (Å²) in [4.78, 5) is 0. The van der Waals surface area contributed by atoms with Crippen molar-refractivity contribution in [3.05, 3.63) is 90.5 Å². The standard InChI is InChI=1S/C23H27N2O2P/c1-3-22(24)23(18-14-16-19(27-2)17-15-18)25-28(26,20-10-6-4-7-11-20)21-12-8-5-9-13-21/h4-17,22-23H,3,24H2,1-2H3,(H,25,26)/t22-,23+/m0/s1. The molecule has 0 aliphatic heterocycles. The van der Waals surface area contributed by atoms with Crippen molar-refractivity contribution in [2.45, 2.75) is 25.4 Å². The number of hydrogen-bond acceptors (Lipinski definition) is 3. The Hall–Kier alpha value is -2.39. The molecule has 0 heterocycles. The Morgan fingerprint density at radius 1 is 0.893 bits per heavy atom. The van der Waals surface area contributed by atoms with Gasteiger partial charge in [0.25, 0.3) is 0 Å². The molecule has 3 rings (SSSR count). The van der Waals surface area contributed by atoms with E-state index in [1.54, 1.807) is 7.11 Å². The predicted octanol–water partition coefficient (Wildman–Crippen LogP) is 3.99.